The number of ether oxygens (including phenoxy) is 1. The molecule has 0 unspecified atom stereocenters. The van der Waals surface area contributed by atoms with Gasteiger partial charge in [-0.25, -0.2) is 4.79 Å². The molecule has 0 aliphatic carbocycles. The van der Waals surface area contributed by atoms with Gasteiger partial charge >= 0.3 is 6.09 Å². The van der Waals surface area contributed by atoms with Gasteiger partial charge in [0.25, 0.3) is 0 Å². The summed E-state index contributed by atoms with van der Waals surface area (Å²) in [7, 11) is 2.32. The Bertz CT molecular complexity index is 485. The molecule has 5 heteroatoms. The lowest BCUT2D eigenvalue weighted by Crippen LogP contribution is -3.00. The number of nitrogens with zero attached hydrogens (tertiary/aromatic N) is 1. The van der Waals surface area contributed by atoms with Gasteiger partial charge in [0, 0.05) is 24.8 Å². The average Bonchev–Trinajstić information content (AvgIpc) is 2.91. The first-order valence-electron chi connectivity index (χ1n) is 8.21. The molecule has 0 radical (unpaired) electrons. The summed E-state index contributed by atoms with van der Waals surface area (Å²) in [6.45, 7) is 8.07. The molecule has 130 valence electrons. The lowest BCUT2D eigenvalue weighted by molar-refractivity contribution is -0.898. The Hall–Kier alpha value is -0.820. The van der Waals surface area contributed by atoms with Crippen molar-refractivity contribution in [3.8, 4) is 0 Å². The first-order valence-corrected chi connectivity index (χ1v) is 8.21. The highest BCUT2D eigenvalue weighted by molar-refractivity contribution is 5.68. The lowest BCUT2D eigenvalue weighted by atomic mass is 10.0. The fourth-order valence-corrected chi connectivity index (χ4v) is 2.97. The lowest BCUT2D eigenvalue weighted by Gasteiger charge is -2.34. The van der Waals surface area contributed by atoms with Gasteiger partial charge in [-0.15, -0.1) is 0 Å². The summed E-state index contributed by atoms with van der Waals surface area (Å²) in [4.78, 5) is 12.0. The quantitative estimate of drug-likeness (QED) is 0.520. The molecule has 0 spiro atoms. The molecule has 1 N–H and O–H groups in total. The SMILES string of the molecule is CC(C)(CC[N+]1(C)CCCC1)NC(=O)OCc1ccccc1.[I-]. The summed E-state index contributed by atoms with van der Waals surface area (Å²) in [6.07, 6.45) is 3.27. The first kappa shape index (κ1) is 20.2. The summed E-state index contributed by atoms with van der Waals surface area (Å²) in [6, 6.07) is 9.75. The molecule has 23 heavy (non-hydrogen) atoms. The van der Waals surface area contributed by atoms with Gasteiger partial charge in [-0.05, 0) is 19.4 Å². The molecule has 1 saturated heterocycles. The van der Waals surface area contributed by atoms with E-state index in [1.165, 1.54) is 25.9 Å². The van der Waals surface area contributed by atoms with Crippen LogP contribution in [0.5, 0.6) is 0 Å². The molecule has 1 heterocycles. The summed E-state index contributed by atoms with van der Waals surface area (Å²) in [5.41, 5.74) is 0.767. The van der Waals surface area contributed by atoms with Crippen molar-refractivity contribution in [1.82, 2.24) is 5.32 Å². The second-order valence-electron chi connectivity index (χ2n) is 7.32. The van der Waals surface area contributed by atoms with Gasteiger partial charge in [-0.2, -0.15) is 0 Å². The Morgan fingerprint density at radius 2 is 1.83 bits per heavy atom. The molecule has 4 nitrogen and oxygen atoms in total. The van der Waals surface area contributed by atoms with E-state index in [0.717, 1.165) is 23.0 Å². The molecule has 2 rings (SSSR count). The van der Waals surface area contributed by atoms with Crippen LogP contribution in [0.2, 0.25) is 0 Å². The molecule has 0 atom stereocenters. The number of amides is 1. The number of alkyl carbamates (subject to hydrolysis) is 1. The molecule has 1 aromatic rings. The third-order valence-corrected chi connectivity index (χ3v) is 4.58. The minimum atomic E-state index is -0.335. The van der Waals surface area contributed by atoms with Gasteiger partial charge in [0.15, 0.2) is 0 Å². The van der Waals surface area contributed by atoms with Gasteiger partial charge < -0.3 is 38.5 Å². The van der Waals surface area contributed by atoms with Crippen LogP contribution in [0.1, 0.15) is 38.7 Å². The molecule has 0 aromatic heterocycles. The van der Waals surface area contributed by atoms with Gasteiger partial charge in [0.05, 0.1) is 26.7 Å². The highest BCUT2D eigenvalue weighted by Crippen LogP contribution is 2.20. The number of carbonyl (C=O) groups is 1. The zero-order valence-corrected chi connectivity index (χ0v) is 16.6. The average molecular weight is 432 g/mol. The van der Waals surface area contributed by atoms with Gasteiger partial charge in [-0.1, -0.05) is 30.3 Å². The Balaban J connectivity index is 0.00000264. The van der Waals surface area contributed by atoms with Crippen LogP contribution in [0.3, 0.4) is 0 Å². The summed E-state index contributed by atoms with van der Waals surface area (Å²) in [5, 5.41) is 3.00. The Kier molecular flexibility index (Phi) is 7.80. The van der Waals surface area contributed by atoms with Crippen molar-refractivity contribution in [3.63, 3.8) is 0 Å². The van der Waals surface area contributed by atoms with Crippen molar-refractivity contribution in [2.75, 3.05) is 26.7 Å². The minimum Gasteiger partial charge on any atom is -1.00 e. The Labute approximate surface area is 157 Å². The zero-order valence-electron chi connectivity index (χ0n) is 14.5. The van der Waals surface area contributed by atoms with Crippen LogP contribution in [0.25, 0.3) is 0 Å². The van der Waals surface area contributed by atoms with E-state index in [-0.39, 0.29) is 35.6 Å². The molecule has 1 fully saturated rings. The number of nitrogens with one attached hydrogen (secondary N) is 1. The van der Waals surface area contributed by atoms with Gasteiger partial charge in [-0.3, -0.25) is 0 Å². The van der Waals surface area contributed by atoms with Crippen molar-refractivity contribution in [2.45, 2.75) is 45.3 Å². The van der Waals surface area contributed by atoms with Gasteiger partial charge in [0.1, 0.15) is 6.61 Å². The van der Waals surface area contributed by atoms with E-state index >= 15 is 0 Å². The first-order chi connectivity index (χ1) is 10.4. The largest absolute Gasteiger partial charge is 1.00 e. The highest BCUT2D eigenvalue weighted by atomic mass is 127. The monoisotopic (exact) mass is 432 g/mol. The van der Waals surface area contributed by atoms with E-state index in [1.54, 1.807) is 0 Å². The Morgan fingerprint density at radius 1 is 1.22 bits per heavy atom. The van der Waals surface area contributed by atoms with Crippen molar-refractivity contribution in [2.24, 2.45) is 0 Å². The fraction of sp³-hybridized carbons (Fsp3) is 0.611. The summed E-state index contributed by atoms with van der Waals surface area (Å²) in [5.74, 6) is 0. The number of likely N-dealkylation sites (tertiary alicyclic amines) is 1. The summed E-state index contributed by atoms with van der Waals surface area (Å²) < 4.78 is 6.43. The second kappa shape index (κ2) is 8.87. The molecular weight excluding hydrogens is 403 g/mol. The van der Waals surface area contributed by atoms with E-state index in [4.69, 9.17) is 4.74 Å². The van der Waals surface area contributed by atoms with Crippen LogP contribution in [0.4, 0.5) is 4.79 Å². The standard InChI is InChI=1S/C18H28N2O2.HI/c1-18(2,11-14-20(3)12-7-8-13-20)19-17(21)22-15-16-9-5-4-6-10-16;/h4-6,9-10H,7-8,11-15H2,1-3H3;1H. The van der Waals surface area contributed by atoms with E-state index in [0.29, 0.717) is 6.61 Å². The van der Waals surface area contributed by atoms with Crippen LogP contribution in [0, 0.1) is 0 Å². The zero-order chi connectivity index (χ0) is 16.1. The van der Waals surface area contributed by atoms with Crippen molar-refractivity contribution >= 4 is 6.09 Å². The normalized spacial score (nSPS) is 16.5. The second-order valence-corrected chi connectivity index (χ2v) is 7.32. The van der Waals surface area contributed by atoms with Crippen LogP contribution < -0.4 is 29.3 Å². The number of benzene rings is 1. The number of quaternary nitrogens is 1. The van der Waals surface area contributed by atoms with E-state index in [1.807, 2.05) is 30.3 Å². The summed E-state index contributed by atoms with van der Waals surface area (Å²) >= 11 is 0. The number of carbonyl (C=O) groups excluding carboxylic acids is 1. The smallest absolute Gasteiger partial charge is 0.407 e. The maximum absolute atomic E-state index is 12.0. The van der Waals surface area contributed by atoms with Crippen LogP contribution in [0.15, 0.2) is 30.3 Å². The number of halogens is 1. The number of hydrogen-bond acceptors (Lipinski definition) is 2. The molecule has 0 bridgehead atoms. The van der Waals surface area contributed by atoms with Gasteiger partial charge in [0.2, 0.25) is 0 Å². The topological polar surface area (TPSA) is 38.3 Å². The number of hydrogen-bond donors (Lipinski definition) is 1. The molecule has 0 saturated carbocycles. The Morgan fingerprint density at radius 3 is 2.43 bits per heavy atom. The minimum absolute atomic E-state index is 0. The molecule has 1 aliphatic rings. The van der Waals surface area contributed by atoms with Crippen LogP contribution in [-0.2, 0) is 11.3 Å². The molecule has 1 aromatic carbocycles. The maximum Gasteiger partial charge on any atom is 0.407 e. The van der Waals surface area contributed by atoms with Crippen LogP contribution >= 0.6 is 0 Å². The van der Waals surface area contributed by atoms with Crippen molar-refractivity contribution < 1.29 is 38.0 Å². The van der Waals surface area contributed by atoms with Crippen molar-refractivity contribution in [1.29, 1.82) is 0 Å². The predicted molar refractivity (Wildman–Crippen MR) is 88.5 cm³/mol. The molecule has 1 aliphatic heterocycles. The highest BCUT2D eigenvalue weighted by Gasteiger charge is 2.30. The van der Waals surface area contributed by atoms with E-state index in [2.05, 4.69) is 26.2 Å². The van der Waals surface area contributed by atoms with Crippen molar-refractivity contribution in [3.05, 3.63) is 35.9 Å². The van der Waals surface area contributed by atoms with E-state index in [9.17, 15) is 4.79 Å². The molecular formula is C18H29IN2O2. The third kappa shape index (κ3) is 7.08. The molecule has 1 amide bonds. The maximum atomic E-state index is 12.0. The fourth-order valence-electron chi connectivity index (χ4n) is 2.97. The number of rotatable bonds is 6. The third-order valence-electron chi connectivity index (χ3n) is 4.58. The van der Waals surface area contributed by atoms with E-state index < -0.39 is 0 Å². The predicted octanol–water partition coefficient (Wildman–Crippen LogP) is 0.326. The van der Waals surface area contributed by atoms with Crippen LogP contribution in [-0.4, -0.2) is 42.8 Å².